The topological polar surface area (TPSA) is 75.7 Å². The molecule has 0 N–H and O–H groups in total. The summed E-state index contributed by atoms with van der Waals surface area (Å²) in [7, 11) is 1.64. The third kappa shape index (κ3) is 12.7. The number of thiol groups is 1. The van der Waals surface area contributed by atoms with E-state index in [4.69, 9.17) is 28.4 Å². The van der Waals surface area contributed by atoms with E-state index in [0.717, 1.165) is 12.8 Å². The van der Waals surface area contributed by atoms with E-state index in [2.05, 4.69) is 12.6 Å². The third-order valence-electron chi connectivity index (χ3n) is 3.72. The number of carbonyl (C=O) groups excluding carboxylic acids is 1. The molecular weight excluding hydrogens is 362 g/mol. The average Bonchev–Trinajstić information content (AvgIpc) is 2.65. The van der Waals surface area contributed by atoms with Crippen LogP contribution < -0.4 is 0 Å². The summed E-state index contributed by atoms with van der Waals surface area (Å²) in [6.45, 7) is 6.30. The lowest BCUT2D eigenvalue weighted by molar-refractivity contribution is -0.0123. The first-order valence-electron chi connectivity index (χ1n) is 9.13. The van der Waals surface area contributed by atoms with Gasteiger partial charge in [0, 0.05) is 25.4 Å². The molecule has 1 amide bonds. The maximum absolute atomic E-state index is 11.8. The Morgan fingerprint density at radius 1 is 0.808 bits per heavy atom. The smallest absolute Gasteiger partial charge is 0.409 e. The second kappa shape index (κ2) is 16.6. The average molecular weight is 396 g/mol. The van der Waals surface area contributed by atoms with Crippen LogP contribution in [-0.2, 0) is 28.4 Å². The first-order valence-corrected chi connectivity index (χ1v) is 9.65. The quantitative estimate of drug-likeness (QED) is 0.330. The second-order valence-corrected chi connectivity index (χ2v) is 6.51. The van der Waals surface area contributed by atoms with Gasteiger partial charge in [-0.1, -0.05) is 0 Å². The van der Waals surface area contributed by atoms with Crippen molar-refractivity contribution in [1.29, 1.82) is 0 Å². The Bertz CT molecular complexity index is 341. The molecule has 0 bridgehead atoms. The van der Waals surface area contributed by atoms with Crippen LogP contribution in [0.4, 0.5) is 4.79 Å². The van der Waals surface area contributed by atoms with Crippen LogP contribution in [0.2, 0.25) is 0 Å². The number of rotatable bonds is 15. The molecule has 0 radical (unpaired) electrons. The van der Waals surface area contributed by atoms with Gasteiger partial charge in [-0.15, -0.1) is 0 Å². The summed E-state index contributed by atoms with van der Waals surface area (Å²) in [4.78, 5) is 13.5. The van der Waals surface area contributed by atoms with E-state index in [-0.39, 0.29) is 12.7 Å². The van der Waals surface area contributed by atoms with Crippen LogP contribution in [-0.4, -0.2) is 103 Å². The molecule has 1 aliphatic heterocycles. The van der Waals surface area contributed by atoms with Crippen LogP contribution in [0.3, 0.4) is 0 Å². The largest absolute Gasteiger partial charge is 0.447 e. The molecule has 0 spiro atoms. The third-order valence-corrected chi connectivity index (χ3v) is 4.24. The summed E-state index contributed by atoms with van der Waals surface area (Å²) < 4.78 is 31.4. The molecule has 0 aliphatic carbocycles. The van der Waals surface area contributed by atoms with E-state index in [9.17, 15) is 4.79 Å². The SMILES string of the molecule is COCCOCCOCCOCCOCCOC(=O)N1CCC(S)CC1. The van der Waals surface area contributed by atoms with Gasteiger partial charge in [0.2, 0.25) is 0 Å². The van der Waals surface area contributed by atoms with E-state index < -0.39 is 0 Å². The van der Waals surface area contributed by atoms with Gasteiger partial charge in [-0.25, -0.2) is 4.79 Å². The highest BCUT2D eigenvalue weighted by Crippen LogP contribution is 2.15. The van der Waals surface area contributed by atoms with E-state index in [1.165, 1.54) is 0 Å². The number of piperidine rings is 1. The lowest BCUT2D eigenvalue weighted by atomic mass is 10.1. The molecule has 1 aliphatic rings. The predicted octanol–water partition coefficient (Wildman–Crippen LogP) is 1.23. The molecule has 26 heavy (non-hydrogen) atoms. The summed E-state index contributed by atoms with van der Waals surface area (Å²) in [5.74, 6) is 0. The molecule has 0 saturated carbocycles. The van der Waals surface area contributed by atoms with Gasteiger partial charge in [-0.05, 0) is 12.8 Å². The van der Waals surface area contributed by atoms with Crippen LogP contribution in [0.5, 0.6) is 0 Å². The lowest BCUT2D eigenvalue weighted by Gasteiger charge is -2.28. The molecule has 154 valence electrons. The van der Waals surface area contributed by atoms with Gasteiger partial charge in [-0.2, -0.15) is 12.6 Å². The fourth-order valence-corrected chi connectivity index (χ4v) is 2.46. The van der Waals surface area contributed by atoms with Gasteiger partial charge in [0.1, 0.15) is 6.61 Å². The highest BCUT2D eigenvalue weighted by atomic mass is 32.1. The monoisotopic (exact) mass is 395 g/mol. The van der Waals surface area contributed by atoms with Crippen LogP contribution >= 0.6 is 12.6 Å². The highest BCUT2D eigenvalue weighted by Gasteiger charge is 2.21. The normalized spacial score (nSPS) is 15.4. The Balaban J connectivity index is 1.76. The van der Waals surface area contributed by atoms with Gasteiger partial charge in [0.05, 0.1) is 59.5 Å². The van der Waals surface area contributed by atoms with E-state index in [1.807, 2.05) is 0 Å². The zero-order chi connectivity index (χ0) is 18.9. The van der Waals surface area contributed by atoms with Crippen LogP contribution in [0, 0.1) is 0 Å². The molecule has 0 aromatic carbocycles. The molecule has 9 heteroatoms. The van der Waals surface area contributed by atoms with Gasteiger partial charge in [0.25, 0.3) is 0 Å². The number of hydrogen-bond acceptors (Lipinski definition) is 8. The summed E-state index contributed by atoms with van der Waals surface area (Å²) in [6.07, 6.45) is 1.56. The number of nitrogens with zero attached hydrogens (tertiary/aromatic N) is 1. The van der Waals surface area contributed by atoms with Crippen LogP contribution in [0.15, 0.2) is 0 Å². The lowest BCUT2D eigenvalue weighted by Crippen LogP contribution is -2.39. The maximum atomic E-state index is 11.8. The molecular formula is C17H33NO7S. The Morgan fingerprint density at radius 3 is 1.69 bits per heavy atom. The van der Waals surface area contributed by atoms with E-state index in [1.54, 1.807) is 12.0 Å². The second-order valence-electron chi connectivity index (χ2n) is 5.77. The minimum Gasteiger partial charge on any atom is -0.447 e. The minimum atomic E-state index is -0.270. The molecule has 1 fully saturated rings. The number of ether oxygens (including phenoxy) is 6. The first-order chi connectivity index (χ1) is 12.7. The highest BCUT2D eigenvalue weighted by molar-refractivity contribution is 7.80. The summed E-state index contributed by atoms with van der Waals surface area (Å²) in [6, 6.07) is 0. The molecule has 0 unspecified atom stereocenters. The van der Waals surface area contributed by atoms with Crippen molar-refractivity contribution in [2.24, 2.45) is 0 Å². The fourth-order valence-electron chi connectivity index (χ4n) is 2.23. The van der Waals surface area contributed by atoms with E-state index >= 15 is 0 Å². The van der Waals surface area contributed by atoms with Crippen molar-refractivity contribution in [1.82, 2.24) is 4.90 Å². The number of methoxy groups -OCH3 is 1. The number of likely N-dealkylation sites (tertiary alicyclic amines) is 1. The molecule has 1 saturated heterocycles. The Morgan fingerprint density at radius 2 is 1.23 bits per heavy atom. The number of hydrogen-bond donors (Lipinski definition) is 1. The van der Waals surface area contributed by atoms with Crippen molar-refractivity contribution in [3.05, 3.63) is 0 Å². The zero-order valence-corrected chi connectivity index (χ0v) is 16.6. The Hall–Kier alpha value is -0.580. The summed E-state index contributed by atoms with van der Waals surface area (Å²) in [5.41, 5.74) is 0. The van der Waals surface area contributed by atoms with Crippen molar-refractivity contribution in [2.75, 3.05) is 86.3 Å². The fraction of sp³-hybridized carbons (Fsp3) is 0.941. The molecule has 0 aromatic heterocycles. The van der Waals surface area contributed by atoms with Crippen molar-refractivity contribution >= 4 is 18.7 Å². The molecule has 1 rings (SSSR count). The zero-order valence-electron chi connectivity index (χ0n) is 15.7. The standard InChI is InChI=1S/C17H33NO7S/c1-20-6-7-21-8-9-22-10-11-23-12-13-24-14-15-25-17(19)18-4-2-16(26)3-5-18/h16,26H,2-15H2,1H3. The van der Waals surface area contributed by atoms with Crippen LogP contribution in [0.25, 0.3) is 0 Å². The minimum absolute atomic E-state index is 0.256. The number of amides is 1. The maximum Gasteiger partial charge on any atom is 0.409 e. The molecule has 0 aromatic rings. The van der Waals surface area contributed by atoms with Gasteiger partial charge in [-0.3, -0.25) is 0 Å². The summed E-state index contributed by atoms with van der Waals surface area (Å²) in [5, 5.41) is 0.391. The van der Waals surface area contributed by atoms with Crippen molar-refractivity contribution in [3.8, 4) is 0 Å². The molecule has 0 atom stereocenters. The Labute approximate surface area is 161 Å². The van der Waals surface area contributed by atoms with Crippen molar-refractivity contribution < 1.29 is 33.2 Å². The van der Waals surface area contributed by atoms with Crippen LogP contribution in [0.1, 0.15) is 12.8 Å². The molecule has 1 heterocycles. The van der Waals surface area contributed by atoms with E-state index in [0.29, 0.717) is 77.8 Å². The summed E-state index contributed by atoms with van der Waals surface area (Å²) >= 11 is 4.41. The van der Waals surface area contributed by atoms with Gasteiger partial charge in [0.15, 0.2) is 0 Å². The molecule has 8 nitrogen and oxygen atoms in total. The van der Waals surface area contributed by atoms with Crippen molar-refractivity contribution in [2.45, 2.75) is 18.1 Å². The predicted molar refractivity (Wildman–Crippen MR) is 100 cm³/mol. The first kappa shape index (κ1) is 23.5. The van der Waals surface area contributed by atoms with Gasteiger partial charge >= 0.3 is 6.09 Å². The number of carbonyl (C=O) groups is 1. The van der Waals surface area contributed by atoms with Gasteiger partial charge < -0.3 is 33.3 Å². The Kier molecular flexibility index (Phi) is 15.0. The van der Waals surface area contributed by atoms with Crippen molar-refractivity contribution in [3.63, 3.8) is 0 Å².